The zero-order valence-corrected chi connectivity index (χ0v) is 11.2. The minimum absolute atomic E-state index is 0.0274. The second-order valence-electron chi connectivity index (χ2n) is 4.86. The van der Waals surface area contributed by atoms with Crippen LogP contribution in [0, 0.1) is 6.92 Å². The number of ketones is 1. The number of piperidine rings is 1. The molecule has 4 heteroatoms. The molecule has 1 aromatic carbocycles. The molecule has 1 N–H and O–H groups in total. The Labute approximate surface area is 110 Å². The average molecular weight is 260 g/mol. The summed E-state index contributed by atoms with van der Waals surface area (Å²) < 4.78 is 1.11. The van der Waals surface area contributed by atoms with Crippen LogP contribution in [0.2, 0.25) is 0 Å². The van der Waals surface area contributed by atoms with Gasteiger partial charge in [0.05, 0.1) is 16.3 Å². The molecule has 2 heterocycles. The first kappa shape index (κ1) is 11.8. The zero-order chi connectivity index (χ0) is 12.5. The third-order valence-electron chi connectivity index (χ3n) is 3.38. The summed E-state index contributed by atoms with van der Waals surface area (Å²) in [6.45, 7) is 3.00. The van der Waals surface area contributed by atoms with Gasteiger partial charge < -0.3 is 5.32 Å². The third-order valence-corrected chi connectivity index (χ3v) is 4.41. The largest absolute Gasteiger partial charge is 0.307 e. The van der Waals surface area contributed by atoms with Crippen LogP contribution in [0.15, 0.2) is 18.2 Å². The summed E-state index contributed by atoms with van der Waals surface area (Å²) in [5.41, 5.74) is 2.14. The number of rotatable bonds is 2. The Morgan fingerprint density at radius 2 is 2.33 bits per heavy atom. The molecule has 1 aliphatic heterocycles. The molecule has 1 saturated heterocycles. The van der Waals surface area contributed by atoms with Crippen molar-refractivity contribution in [3.8, 4) is 0 Å². The van der Waals surface area contributed by atoms with Crippen molar-refractivity contribution < 1.29 is 4.79 Å². The number of carbonyl (C=O) groups is 1. The molecular weight excluding hydrogens is 244 g/mol. The number of Topliss-reactive ketones (excluding diaryl/α,β-unsaturated/α-hetero) is 1. The van der Waals surface area contributed by atoms with Crippen LogP contribution in [0.1, 0.15) is 34.6 Å². The first-order valence-corrected chi connectivity index (χ1v) is 7.20. The maximum atomic E-state index is 12.3. The maximum Gasteiger partial charge on any atom is 0.208 e. The van der Waals surface area contributed by atoms with Gasteiger partial charge in [0.15, 0.2) is 5.01 Å². The van der Waals surface area contributed by atoms with Gasteiger partial charge in [0.1, 0.15) is 0 Å². The summed E-state index contributed by atoms with van der Waals surface area (Å²) in [5, 5.41) is 3.94. The van der Waals surface area contributed by atoms with Crippen LogP contribution in [0.4, 0.5) is 0 Å². The fraction of sp³-hybridized carbons (Fsp3) is 0.429. The van der Waals surface area contributed by atoms with Gasteiger partial charge in [-0.2, -0.15) is 0 Å². The molecular formula is C14H16N2OS. The Morgan fingerprint density at radius 3 is 3.11 bits per heavy atom. The molecule has 0 radical (unpaired) electrons. The average Bonchev–Trinajstić information content (AvgIpc) is 2.81. The van der Waals surface area contributed by atoms with Crippen molar-refractivity contribution in [3.63, 3.8) is 0 Å². The number of benzene rings is 1. The van der Waals surface area contributed by atoms with Gasteiger partial charge in [-0.3, -0.25) is 4.79 Å². The van der Waals surface area contributed by atoms with Crippen molar-refractivity contribution in [2.24, 2.45) is 0 Å². The molecule has 0 amide bonds. The third kappa shape index (κ3) is 2.18. The van der Waals surface area contributed by atoms with E-state index in [1.165, 1.54) is 23.3 Å². The highest BCUT2D eigenvalue weighted by Crippen LogP contribution is 2.25. The molecule has 0 aliphatic carbocycles. The molecule has 1 atom stereocenters. The lowest BCUT2D eigenvalue weighted by Gasteiger charge is -2.20. The van der Waals surface area contributed by atoms with Gasteiger partial charge in [-0.05, 0) is 44.0 Å². The van der Waals surface area contributed by atoms with Crippen LogP contribution >= 0.6 is 11.3 Å². The maximum absolute atomic E-state index is 12.3. The fourth-order valence-corrected chi connectivity index (χ4v) is 3.42. The van der Waals surface area contributed by atoms with Crippen LogP contribution in [-0.2, 0) is 0 Å². The van der Waals surface area contributed by atoms with E-state index in [2.05, 4.69) is 23.3 Å². The molecule has 3 rings (SSSR count). The fourth-order valence-electron chi connectivity index (χ4n) is 2.36. The SMILES string of the molecule is Cc1ccc2nc(C(=O)C3CCCCN3)sc2c1. The molecule has 1 unspecified atom stereocenters. The van der Waals surface area contributed by atoms with Gasteiger partial charge in [-0.1, -0.05) is 12.5 Å². The zero-order valence-electron chi connectivity index (χ0n) is 10.4. The number of hydrogen-bond acceptors (Lipinski definition) is 4. The number of aromatic nitrogens is 1. The normalized spacial score (nSPS) is 20.2. The first-order chi connectivity index (χ1) is 8.74. The van der Waals surface area contributed by atoms with Crippen LogP contribution < -0.4 is 5.32 Å². The number of nitrogens with zero attached hydrogens (tertiary/aromatic N) is 1. The molecule has 1 aromatic heterocycles. The predicted octanol–water partition coefficient (Wildman–Crippen LogP) is 2.93. The van der Waals surface area contributed by atoms with E-state index in [-0.39, 0.29) is 11.8 Å². The topological polar surface area (TPSA) is 42.0 Å². The van der Waals surface area contributed by atoms with Crippen molar-refractivity contribution >= 4 is 27.3 Å². The molecule has 0 bridgehead atoms. The lowest BCUT2D eigenvalue weighted by molar-refractivity contribution is 0.0927. The number of thiazole rings is 1. The highest BCUT2D eigenvalue weighted by Gasteiger charge is 2.24. The Bertz CT molecular complexity index is 584. The Balaban J connectivity index is 1.91. The smallest absolute Gasteiger partial charge is 0.208 e. The summed E-state index contributed by atoms with van der Waals surface area (Å²) in [7, 11) is 0. The molecule has 0 saturated carbocycles. The molecule has 0 spiro atoms. The van der Waals surface area contributed by atoms with Crippen LogP contribution in [0.25, 0.3) is 10.2 Å². The number of fused-ring (bicyclic) bond motifs is 1. The number of carbonyl (C=O) groups excluding carboxylic acids is 1. The van der Waals surface area contributed by atoms with E-state index in [1.807, 2.05) is 12.1 Å². The molecule has 1 aliphatic rings. The minimum atomic E-state index is -0.0274. The Morgan fingerprint density at radius 1 is 1.44 bits per heavy atom. The van der Waals surface area contributed by atoms with Crippen LogP contribution in [0.3, 0.4) is 0 Å². The molecule has 3 nitrogen and oxygen atoms in total. The van der Waals surface area contributed by atoms with E-state index in [9.17, 15) is 4.79 Å². The molecule has 18 heavy (non-hydrogen) atoms. The quantitative estimate of drug-likeness (QED) is 0.844. The van der Waals surface area contributed by atoms with E-state index in [0.717, 1.165) is 29.6 Å². The summed E-state index contributed by atoms with van der Waals surface area (Å²) in [4.78, 5) is 16.8. The van der Waals surface area contributed by atoms with Crippen molar-refractivity contribution in [2.75, 3.05) is 6.54 Å². The van der Waals surface area contributed by atoms with E-state index in [0.29, 0.717) is 5.01 Å². The highest BCUT2D eigenvalue weighted by molar-refractivity contribution is 7.20. The monoisotopic (exact) mass is 260 g/mol. The van der Waals surface area contributed by atoms with Crippen molar-refractivity contribution in [1.82, 2.24) is 10.3 Å². The molecule has 94 valence electrons. The van der Waals surface area contributed by atoms with Gasteiger partial charge in [-0.15, -0.1) is 11.3 Å². The van der Waals surface area contributed by atoms with Crippen molar-refractivity contribution in [2.45, 2.75) is 32.2 Å². The van der Waals surface area contributed by atoms with Gasteiger partial charge in [0, 0.05) is 0 Å². The van der Waals surface area contributed by atoms with Crippen LogP contribution in [0.5, 0.6) is 0 Å². The second kappa shape index (κ2) is 4.78. The van der Waals surface area contributed by atoms with E-state index in [4.69, 9.17) is 0 Å². The van der Waals surface area contributed by atoms with Crippen LogP contribution in [-0.4, -0.2) is 23.4 Å². The highest BCUT2D eigenvalue weighted by atomic mass is 32.1. The summed E-state index contributed by atoms with van der Waals surface area (Å²) in [6.07, 6.45) is 3.24. The number of hydrogen-bond donors (Lipinski definition) is 1. The van der Waals surface area contributed by atoms with E-state index < -0.39 is 0 Å². The van der Waals surface area contributed by atoms with Crippen molar-refractivity contribution in [3.05, 3.63) is 28.8 Å². The number of aryl methyl sites for hydroxylation is 1. The summed E-state index contributed by atoms with van der Waals surface area (Å²) in [6, 6.07) is 6.10. The van der Waals surface area contributed by atoms with Gasteiger partial charge in [0.25, 0.3) is 0 Å². The Kier molecular flexibility index (Phi) is 3.14. The standard InChI is InChI=1S/C14H16N2OS/c1-9-5-6-10-12(8-9)18-14(16-10)13(17)11-4-2-3-7-15-11/h5-6,8,11,15H,2-4,7H2,1H3. The van der Waals surface area contributed by atoms with E-state index >= 15 is 0 Å². The summed E-state index contributed by atoms with van der Waals surface area (Å²) >= 11 is 1.51. The lowest BCUT2D eigenvalue weighted by atomic mass is 10.0. The van der Waals surface area contributed by atoms with Gasteiger partial charge in [0.2, 0.25) is 5.78 Å². The molecule has 2 aromatic rings. The van der Waals surface area contributed by atoms with Gasteiger partial charge in [-0.25, -0.2) is 4.98 Å². The minimum Gasteiger partial charge on any atom is -0.307 e. The molecule has 1 fully saturated rings. The number of nitrogens with one attached hydrogen (secondary N) is 1. The second-order valence-corrected chi connectivity index (χ2v) is 5.89. The lowest BCUT2D eigenvalue weighted by Crippen LogP contribution is -2.40. The summed E-state index contributed by atoms with van der Waals surface area (Å²) in [5.74, 6) is 0.161. The first-order valence-electron chi connectivity index (χ1n) is 6.39. The van der Waals surface area contributed by atoms with E-state index in [1.54, 1.807) is 0 Å². The van der Waals surface area contributed by atoms with Gasteiger partial charge >= 0.3 is 0 Å². The predicted molar refractivity (Wildman–Crippen MR) is 74.3 cm³/mol. The van der Waals surface area contributed by atoms with Crippen molar-refractivity contribution in [1.29, 1.82) is 0 Å². The Hall–Kier alpha value is -1.26.